The number of sulfonamides is 1. The Morgan fingerprint density at radius 2 is 2.04 bits per heavy atom. The average molecular weight is 381 g/mol. The summed E-state index contributed by atoms with van der Waals surface area (Å²) in [7, 11) is -2.23. The molecule has 1 aliphatic heterocycles. The van der Waals surface area contributed by atoms with Crippen molar-refractivity contribution >= 4 is 10.0 Å². The summed E-state index contributed by atoms with van der Waals surface area (Å²) in [5.74, 6) is 0.820. The number of methoxy groups -OCH3 is 1. The van der Waals surface area contributed by atoms with Gasteiger partial charge in [-0.1, -0.05) is 5.16 Å². The molecule has 0 spiro atoms. The zero-order chi connectivity index (χ0) is 18.6. The fourth-order valence-corrected chi connectivity index (χ4v) is 3.95. The average Bonchev–Trinajstić information content (AvgIpc) is 3.08. The van der Waals surface area contributed by atoms with E-state index in [0.29, 0.717) is 37.6 Å². The molecule has 0 unspecified atom stereocenters. The van der Waals surface area contributed by atoms with E-state index in [9.17, 15) is 8.42 Å². The van der Waals surface area contributed by atoms with Gasteiger partial charge in [0.25, 0.3) is 0 Å². The standard InChI is InChI=1S/C17H23N3O5S/c1-13-11-15(25-19-13)14-3-4-17(16(12-14)23-2)26(21,22)18-5-6-20-7-9-24-10-8-20/h3-4,11-12,18H,5-10H2,1-2H3. The summed E-state index contributed by atoms with van der Waals surface area (Å²) in [6, 6.07) is 6.61. The van der Waals surface area contributed by atoms with Gasteiger partial charge in [0.2, 0.25) is 10.0 Å². The number of rotatable bonds is 7. The fraction of sp³-hybridized carbons (Fsp3) is 0.471. The van der Waals surface area contributed by atoms with Gasteiger partial charge in [-0.25, -0.2) is 13.1 Å². The predicted molar refractivity (Wildman–Crippen MR) is 95.7 cm³/mol. The molecule has 1 N–H and O–H groups in total. The molecule has 1 fully saturated rings. The lowest BCUT2D eigenvalue weighted by Crippen LogP contribution is -2.41. The van der Waals surface area contributed by atoms with Gasteiger partial charge in [-0.05, 0) is 25.1 Å². The molecule has 0 atom stereocenters. The second-order valence-electron chi connectivity index (χ2n) is 6.05. The number of nitrogens with zero attached hydrogens (tertiary/aromatic N) is 2. The van der Waals surface area contributed by atoms with E-state index in [1.807, 2.05) is 6.92 Å². The van der Waals surface area contributed by atoms with E-state index in [0.717, 1.165) is 18.8 Å². The molecule has 1 aromatic carbocycles. The number of hydrogen-bond acceptors (Lipinski definition) is 7. The Hall–Kier alpha value is -1.94. The predicted octanol–water partition coefficient (Wildman–Crippen LogP) is 1.27. The van der Waals surface area contributed by atoms with Crippen molar-refractivity contribution in [3.05, 3.63) is 30.0 Å². The number of benzene rings is 1. The maximum absolute atomic E-state index is 12.6. The van der Waals surface area contributed by atoms with Gasteiger partial charge in [-0.3, -0.25) is 4.90 Å². The van der Waals surface area contributed by atoms with Crippen LogP contribution in [0.1, 0.15) is 5.69 Å². The summed E-state index contributed by atoms with van der Waals surface area (Å²) >= 11 is 0. The van der Waals surface area contributed by atoms with Crippen molar-refractivity contribution < 1.29 is 22.4 Å². The Morgan fingerprint density at radius 1 is 1.27 bits per heavy atom. The Labute approximate surface area is 153 Å². The van der Waals surface area contributed by atoms with Crippen LogP contribution in [-0.2, 0) is 14.8 Å². The third-order valence-corrected chi connectivity index (χ3v) is 5.69. The molecule has 0 bridgehead atoms. The van der Waals surface area contributed by atoms with Crippen LogP contribution in [0.3, 0.4) is 0 Å². The van der Waals surface area contributed by atoms with Crippen LogP contribution in [0, 0.1) is 6.92 Å². The minimum Gasteiger partial charge on any atom is -0.495 e. The molecule has 0 aliphatic carbocycles. The van der Waals surface area contributed by atoms with E-state index in [1.54, 1.807) is 18.2 Å². The van der Waals surface area contributed by atoms with E-state index in [-0.39, 0.29) is 10.6 Å². The normalized spacial score (nSPS) is 15.9. The molecule has 3 rings (SSSR count). The summed E-state index contributed by atoms with van der Waals surface area (Å²) in [6.07, 6.45) is 0. The van der Waals surface area contributed by atoms with Gasteiger partial charge < -0.3 is 14.0 Å². The first kappa shape index (κ1) is 18.8. The van der Waals surface area contributed by atoms with Crippen LogP contribution >= 0.6 is 0 Å². The summed E-state index contributed by atoms with van der Waals surface area (Å²) in [5.41, 5.74) is 1.45. The highest BCUT2D eigenvalue weighted by atomic mass is 32.2. The number of ether oxygens (including phenoxy) is 2. The Bertz CT molecular complexity index is 844. The lowest BCUT2D eigenvalue weighted by molar-refractivity contribution is 0.0390. The molecule has 2 aromatic rings. The largest absolute Gasteiger partial charge is 0.495 e. The number of hydrogen-bond donors (Lipinski definition) is 1. The molecule has 26 heavy (non-hydrogen) atoms. The third kappa shape index (κ3) is 4.42. The van der Waals surface area contributed by atoms with Crippen LogP contribution in [0.4, 0.5) is 0 Å². The molecular formula is C17H23N3O5S. The van der Waals surface area contributed by atoms with Crippen LogP contribution in [0.2, 0.25) is 0 Å². The van der Waals surface area contributed by atoms with Crippen LogP contribution < -0.4 is 9.46 Å². The van der Waals surface area contributed by atoms with Crippen molar-refractivity contribution in [1.29, 1.82) is 0 Å². The molecule has 1 saturated heterocycles. The summed E-state index contributed by atoms with van der Waals surface area (Å²) in [5, 5.41) is 3.84. The van der Waals surface area contributed by atoms with Gasteiger partial charge in [0, 0.05) is 37.8 Å². The van der Waals surface area contributed by atoms with Gasteiger partial charge in [0.15, 0.2) is 5.76 Å². The zero-order valence-electron chi connectivity index (χ0n) is 14.9. The maximum atomic E-state index is 12.6. The second kappa shape index (κ2) is 8.17. The maximum Gasteiger partial charge on any atom is 0.244 e. The number of nitrogens with one attached hydrogen (secondary N) is 1. The molecule has 9 heteroatoms. The van der Waals surface area contributed by atoms with Gasteiger partial charge in [0.1, 0.15) is 10.6 Å². The zero-order valence-corrected chi connectivity index (χ0v) is 15.7. The highest BCUT2D eigenvalue weighted by Crippen LogP contribution is 2.30. The minimum absolute atomic E-state index is 0.0990. The summed E-state index contributed by atoms with van der Waals surface area (Å²) in [6.45, 7) is 5.79. The van der Waals surface area contributed by atoms with Crippen molar-refractivity contribution in [2.75, 3.05) is 46.5 Å². The van der Waals surface area contributed by atoms with Crippen LogP contribution in [0.5, 0.6) is 5.75 Å². The van der Waals surface area contributed by atoms with E-state index in [1.165, 1.54) is 13.2 Å². The van der Waals surface area contributed by atoms with Crippen molar-refractivity contribution in [3.8, 4) is 17.1 Å². The first-order chi connectivity index (χ1) is 12.5. The lowest BCUT2D eigenvalue weighted by Gasteiger charge is -2.26. The van der Waals surface area contributed by atoms with E-state index < -0.39 is 10.0 Å². The van der Waals surface area contributed by atoms with Crippen molar-refractivity contribution in [1.82, 2.24) is 14.8 Å². The fourth-order valence-electron chi connectivity index (χ4n) is 2.78. The smallest absolute Gasteiger partial charge is 0.244 e. The third-order valence-electron chi connectivity index (χ3n) is 4.19. The molecule has 1 aromatic heterocycles. The molecule has 8 nitrogen and oxygen atoms in total. The number of aryl methyl sites for hydroxylation is 1. The first-order valence-corrected chi connectivity index (χ1v) is 9.89. The van der Waals surface area contributed by atoms with E-state index in [4.69, 9.17) is 14.0 Å². The monoisotopic (exact) mass is 381 g/mol. The Morgan fingerprint density at radius 3 is 2.69 bits per heavy atom. The van der Waals surface area contributed by atoms with Crippen LogP contribution in [0.15, 0.2) is 33.7 Å². The highest BCUT2D eigenvalue weighted by Gasteiger charge is 2.21. The Balaban J connectivity index is 1.71. The van der Waals surface area contributed by atoms with Gasteiger partial charge >= 0.3 is 0 Å². The summed E-state index contributed by atoms with van der Waals surface area (Å²) < 4.78 is 43.7. The van der Waals surface area contributed by atoms with Crippen molar-refractivity contribution in [3.63, 3.8) is 0 Å². The van der Waals surface area contributed by atoms with Crippen molar-refractivity contribution in [2.45, 2.75) is 11.8 Å². The molecule has 1 aliphatic rings. The van der Waals surface area contributed by atoms with E-state index in [2.05, 4.69) is 14.8 Å². The highest BCUT2D eigenvalue weighted by molar-refractivity contribution is 7.89. The van der Waals surface area contributed by atoms with Crippen molar-refractivity contribution in [2.24, 2.45) is 0 Å². The second-order valence-corrected chi connectivity index (χ2v) is 7.79. The molecule has 0 radical (unpaired) electrons. The molecule has 0 amide bonds. The SMILES string of the molecule is COc1cc(-c2cc(C)no2)ccc1S(=O)(=O)NCCN1CCOCC1. The number of aromatic nitrogens is 1. The van der Waals surface area contributed by atoms with E-state index >= 15 is 0 Å². The van der Waals surface area contributed by atoms with Gasteiger partial charge in [-0.2, -0.15) is 0 Å². The Kier molecular flexibility index (Phi) is 5.92. The van der Waals surface area contributed by atoms with Gasteiger partial charge in [0.05, 0.1) is 26.0 Å². The topological polar surface area (TPSA) is 93.9 Å². The number of morpholine rings is 1. The minimum atomic E-state index is -3.68. The summed E-state index contributed by atoms with van der Waals surface area (Å²) in [4.78, 5) is 2.26. The van der Waals surface area contributed by atoms with Crippen LogP contribution in [0.25, 0.3) is 11.3 Å². The molecule has 142 valence electrons. The van der Waals surface area contributed by atoms with Crippen LogP contribution in [-0.4, -0.2) is 65.0 Å². The molecular weight excluding hydrogens is 358 g/mol. The quantitative estimate of drug-likeness (QED) is 0.772. The molecule has 2 heterocycles. The van der Waals surface area contributed by atoms with Gasteiger partial charge in [-0.15, -0.1) is 0 Å². The first-order valence-electron chi connectivity index (χ1n) is 8.41. The lowest BCUT2D eigenvalue weighted by atomic mass is 10.1. The molecule has 0 saturated carbocycles.